The van der Waals surface area contributed by atoms with Crippen LogP contribution in [0, 0.1) is 0 Å². The molecule has 0 aliphatic heterocycles. The molecule has 0 rings (SSSR count). The van der Waals surface area contributed by atoms with Gasteiger partial charge in [-0.2, -0.15) is 0 Å². The lowest BCUT2D eigenvalue weighted by Crippen LogP contribution is -2.45. The summed E-state index contributed by atoms with van der Waals surface area (Å²) in [5, 5.41) is 29.8. The molecule has 0 aliphatic rings. The summed E-state index contributed by atoms with van der Waals surface area (Å²) in [5.41, 5.74) is 0. The van der Waals surface area contributed by atoms with Crippen molar-refractivity contribution in [2.24, 2.45) is 0 Å². The minimum atomic E-state index is -1.24. The number of hydrogen-bond acceptors (Lipinski definition) is 5. The van der Waals surface area contributed by atoms with E-state index in [-0.39, 0.29) is 25.5 Å². The number of carbonyl (C=O) groups excluding carboxylic acids is 1. The predicted molar refractivity (Wildman–Crippen MR) is 92.4 cm³/mol. The number of hydrogen-bond donors (Lipinski definition) is 4. The second kappa shape index (κ2) is 15.1. The highest BCUT2D eigenvalue weighted by molar-refractivity contribution is 5.75. The number of nitrogens with one attached hydrogen (secondary N) is 1. The third-order valence-electron chi connectivity index (χ3n) is 3.54. The maximum atomic E-state index is 11.7. The van der Waals surface area contributed by atoms with Gasteiger partial charge in [-0.3, -0.25) is 14.5 Å². The van der Waals surface area contributed by atoms with Gasteiger partial charge in [0.25, 0.3) is 0 Å². The summed E-state index contributed by atoms with van der Waals surface area (Å²) >= 11 is 0. The first-order chi connectivity index (χ1) is 11.5. The van der Waals surface area contributed by atoms with Crippen LogP contribution < -0.4 is 5.32 Å². The fraction of sp³-hybridized carbons (Fsp3) is 0.765. The molecule has 0 aliphatic carbocycles. The van der Waals surface area contributed by atoms with Crippen LogP contribution in [0.25, 0.3) is 0 Å². The molecule has 0 spiro atoms. The molecule has 0 aromatic rings. The Balaban J connectivity index is 3.74. The smallest absolute Gasteiger partial charge is 0.317 e. The molecule has 0 bridgehead atoms. The number of carboxylic acid groups (broad SMARTS) is 1. The topological polar surface area (TPSA) is 110 Å². The minimum absolute atomic E-state index is 0.0784. The van der Waals surface area contributed by atoms with Crippen LogP contribution in [0.15, 0.2) is 12.2 Å². The van der Waals surface area contributed by atoms with E-state index >= 15 is 0 Å². The summed E-state index contributed by atoms with van der Waals surface area (Å²) < 4.78 is 0. The van der Waals surface area contributed by atoms with Crippen LogP contribution in [0.4, 0.5) is 0 Å². The number of carboxylic acids is 1. The Hall–Kier alpha value is -1.44. The zero-order valence-electron chi connectivity index (χ0n) is 14.6. The van der Waals surface area contributed by atoms with Crippen LogP contribution in [0.5, 0.6) is 0 Å². The molecule has 0 radical (unpaired) electrons. The van der Waals surface area contributed by atoms with Crippen molar-refractivity contribution in [1.29, 1.82) is 0 Å². The van der Waals surface area contributed by atoms with Gasteiger partial charge in [-0.05, 0) is 25.7 Å². The van der Waals surface area contributed by atoms with Crippen LogP contribution in [-0.2, 0) is 9.59 Å². The number of allylic oxidation sites excluding steroid dienone is 2. The summed E-state index contributed by atoms with van der Waals surface area (Å²) in [5.74, 6) is -1.17. The molecule has 0 saturated heterocycles. The molecule has 4 N–H and O–H groups in total. The number of unbranched alkanes of at least 4 members (excludes halogenated alkanes) is 4. The highest BCUT2D eigenvalue weighted by Crippen LogP contribution is 2.04. The Bertz CT molecular complexity index is 374. The summed E-state index contributed by atoms with van der Waals surface area (Å²) in [4.78, 5) is 23.6. The average molecular weight is 344 g/mol. The maximum Gasteiger partial charge on any atom is 0.317 e. The monoisotopic (exact) mass is 344 g/mol. The van der Waals surface area contributed by atoms with E-state index in [1.54, 1.807) is 0 Å². The minimum Gasteiger partial charge on any atom is -0.480 e. The molecular formula is C17H32N2O5. The van der Waals surface area contributed by atoms with E-state index in [0.717, 1.165) is 38.5 Å². The van der Waals surface area contributed by atoms with Crippen LogP contribution in [-0.4, -0.2) is 64.6 Å². The van der Waals surface area contributed by atoms with Crippen molar-refractivity contribution in [1.82, 2.24) is 10.2 Å². The number of amides is 1. The number of carbonyl (C=O) groups is 2. The fourth-order valence-electron chi connectivity index (χ4n) is 2.18. The van der Waals surface area contributed by atoms with Crippen LogP contribution >= 0.6 is 0 Å². The Morgan fingerprint density at radius 3 is 2.50 bits per heavy atom. The first-order valence-electron chi connectivity index (χ1n) is 8.67. The van der Waals surface area contributed by atoms with Crippen molar-refractivity contribution >= 4 is 11.9 Å². The van der Waals surface area contributed by atoms with E-state index in [9.17, 15) is 14.7 Å². The summed E-state index contributed by atoms with van der Waals surface area (Å²) in [7, 11) is 0. The Morgan fingerprint density at radius 1 is 1.17 bits per heavy atom. The summed E-state index contributed by atoms with van der Waals surface area (Å²) in [6.07, 6.45) is 9.81. The van der Waals surface area contributed by atoms with Crippen molar-refractivity contribution in [3.05, 3.63) is 12.2 Å². The van der Waals surface area contributed by atoms with Crippen LogP contribution in [0.1, 0.15) is 51.9 Å². The largest absolute Gasteiger partial charge is 0.480 e. The molecule has 24 heavy (non-hydrogen) atoms. The fourth-order valence-corrected chi connectivity index (χ4v) is 2.18. The molecular weight excluding hydrogens is 312 g/mol. The molecule has 1 unspecified atom stereocenters. The van der Waals surface area contributed by atoms with E-state index in [0.29, 0.717) is 6.42 Å². The van der Waals surface area contributed by atoms with E-state index in [4.69, 9.17) is 10.2 Å². The highest BCUT2D eigenvalue weighted by atomic mass is 16.4. The molecule has 7 heteroatoms. The zero-order valence-corrected chi connectivity index (χ0v) is 14.6. The van der Waals surface area contributed by atoms with E-state index in [1.165, 1.54) is 4.90 Å². The SMILES string of the molecule is CCC/C=C/CCCCCC(=O)NCCN(CC(=O)O)C(O)CO. The molecule has 0 aromatic carbocycles. The number of nitrogens with zero attached hydrogens (tertiary/aromatic N) is 1. The lowest BCUT2D eigenvalue weighted by Gasteiger charge is -2.24. The first-order valence-corrected chi connectivity index (χ1v) is 8.67. The maximum absolute atomic E-state index is 11.7. The van der Waals surface area contributed by atoms with Gasteiger partial charge >= 0.3 is 5.97 Å². The van der Waals surface area contributed by atoms with Crippen molar-refractivity contribution in [2.75, 3.05) is 26.2 Å². The summed E-state index contributed by atoms with van der Waals surface area (Å²) in [6, 6.07) is 0. The lowest BCUT2D eigenvalue weighted by molar-refractivity contribution is -0.142. The van der Waals surface area contributed by atoms with E-state index < -0.39 is 18.8 Å². The van der Waals surface area contributed by atoms with Crippen LogP contribution in [0.3, 0.4) is 0 Å². The van der Waals surface area contributed by atoms with Crippen molar-refractivity contribution in [3.8, 4) is 0 Å². The highest BCUT2D eigenvalue weighted by Gasteiger charge is 2.17. The predicted octanol–water partition coefficient (Wildman–Crippen LogP) is 1.11. The molecule has 1 amide bonds. The molecule has 0 heterocycles. The third-order valence-corrected chi connectivity index (χ3v) is 3.54. The quantitative estimate of drug-likeness (QED) is 0.201. The van der Waals surface area contributed by atoms with Gasteiger partial charge in [0.2, 0.25) is 5.91 Å². The number of aliphatic hydroxyl groups excluding tert-OH is 2. The lowest BCUT2D eigenvalue weighted by atomic mass is 10.1. The number of rotatable bonds is 15. The Labute approximate surface area is 144 Å². The Kier molecular flexibility index (Phi) is 14.2. The van der Waals surface area contributed by atoms with Crippen molar-refractivity contribution in [2.45, 2.75) is 58.1 Å². The number of aliphatic hydroxyl groups is 2. The second-order valence-electron chi connectivity index (χ2n) is 5.74. The van der Waals surface area contributed by atoms with E-state index in [1.807, 2.05) is 0 Å². The average Bonchev–Trinajstić information content (AvgIpc) is 2.55. The van der Waals surface area contributed by atoms with Gasteiger partial charge in [-0.1, -0.05) is 31.9 Å². The molecule has 7 nitrogen and oxygen atoms in total. The standard InChI is InChI=1S/C17H32N2O5/c1-2-3-4-5-6-7-8-9-10-15(21)18-11-12-19(13-17(23)24)16(22)14-20/h4-5,16,20,22H,2-3,6-14H2,1H3,(H,18,21)(H,23,24)/b5-4+. The van der Waals surface area contributed by atoms with Gasteiger partial charge in [-0.15, -0.1) is 0 Å². The third kappa shape index (κ3) is 13.0. The van der Waals surface area contributed by atoms with Gasteiger partial charge in [0.05, 0.1) is 13.2 Å². The summed E-state index contributed by atoms with van der Waals surface area (Å²) in [6.45, 7) is 1.62. The van der Waals surface area contributed by atoms with Crippen molar-refractivity contribution in [3.63, 3.8) is 0 Å². The van der Waals surface area contributed by atoms with Gasteiger partial charge in [0.15, 0.2) is 0 Å². The van der Waals surface area contributed by atoms with Crippen molar-refractivity contribution < 1.29 is 24.9 Å². The molecule has 0 saturated carbocycles. The van der Waals surface area contributed by atoms with Gasteiger partial charge in [0, 0.05) is 19.5 Å². The van der Waals surface area contributed by atoms with Gasteiger partial charge < -0.3 is 20.6 Å². The van der Waals surface area contributed by atoms with Crippen LogP contribution in [0.2, 0.25) is 0 Å². The molecule has 1 atom stereocenters. The molecule has 140 valence electrons. The Morgan fingerprint density at radius 2 is 1.88 bits per heavy atom. The second-order valence-corrected chi connectivity index (χ2v) is 5.74. The normalized spacial score (nSPS) is 12.7. The molecule has 0 aromatic heterocycles. The van der Waals surface area contributed by atoms with E-state index in [2.05, 4.69) is 24.4 Å². The number of aliphatic carboxylic acids is 1. The zero-order chi connectivity index (χ0) is 18.2. The van der Waals surface area contributed by atoms with Gasteiger partial charge in [0.1, 0.15) is 6.23 Å². The van der Waals surface area contributed by atoms with Gasteiger partial charge in [-0.25, -0.2) is 0 Å². The first kappa shape index (κ1) is 22.6. The molecule has 0 fully saturated rings.